The predicted molar refractivity (Wildman–Crippen MR) is 78.4 cm³/mol. The van der Waals surface area contributed by atoms with Gasteiger partial charge in [-0.3, -0.25) is 4.98 Å². The Hall–Kier alpha value is -1.09. The molecule has 1 fully saturated rings. The summed E-state index contributed by atoms with van der Waals surface area (Å²) in [5.41, 5.74) is 2.20. The monoisotopic (exact) mass is 262 g/mol. The van der Waals surface area contributed by atoms with Gasteiger partial charge in [0.25, 0.3) is 0 Å². The van der Waals surface area contributed by atoms with E-state index in [2.05, 4.69) is 30.2 Å². The minimum atomic E-state index is 0.371. The molecular formula is C16H26N2O. The van der Waals surface area contributed by atoms with Gasteiger partial charge in [0, 0.05) is 30.1 Å². The summed E-state index contributed by atoms with van der Waals surface area (Å²) in [6.45, 7) is 8.24. The van der Waals surface area contributed by atoms with Crippen LogP contribution in [0, 0.1) is 12.8 Å². The maximum absolute atomic E-state index is 6.30. The number of pyridine rings is 1. The Kier molecular flexibility index (Phi) is 5.20. The van der Waals surface area contributed by atoms with Crippen LogP contribution in [0.2, 0.25) is 0 Å². The second-order valence-corrected chi connectivity index (χ2v) is 5.63. The first-order valence-electron chi connectivity index (χ1n) is 7.53. The van der Waals surface area contributed by atoms with E-state index in [1.54, 1.807) is 0 Å². The van der Waals surface area contributed by atoms with Gasteiger partial charge in [-0.05, 0) is 38.6 Å². The molecule has 1 heterocycles. The van der Waals surface area contributed by atoms with Crippen LogP contribution < -0.4 is 10.1 Å². The Balaban J connectivity index is 2.10. The van der Waals surface area contributed by atoms with E-state index in [0.29, 0.717) is 12.0 Å². The summed E-state index contributed by atoms with van der Waals surface area (Å²) in [7, 11) is 0. The lowest BCUT2D eigenvalue weighted by molar-refractivity contribution is 0.101. The van der Waals surface area contributed by atoms with Gasteiger partial charge in [0.05, 0.1) is 0 Å². The van der Waals surface area contributed by atoms with Crippen molar-refractivity contribution in [3.8, 4) is 5.75 Å². The average Bonchev–Trinajstić information content (AvgIpc) is 2.40. The molecule has 0 radical (unpaired) electrons. The normalized spacial score (nSPS) is 23.3. The van der Waals surface area contributed by atoms with Crippen molar-refractivity contribution in [2.45, 2.75) is 59.1 Å². The molecule has 1 aliphatic rings. The fourth-order valence-corrected chi connectivity index (χ4v) is 2.69. The summed E-state index contributed by atoms with van der Waals surface area (Å²) in [6, 6.07) is 2.08. The fourth-order valence-electron chi connectivity index (χ4n) is 2.69. The quantitative estimate of drug-likeness (QED) is 0.882. The van der Waals surface area contributed by atoms with Gasteiger partial charge < -0.3 is 10.1 Å². The van der Waals surface area contributed by atoms with Crippen molar-refractivity contribution in [1.82, 2.24) is 10.3 Å². The van der Waals surface area contributed by atoms with E-state index in [0.717, 1.165) is 24.5 Å². The molecule has 1 aromatic heterocycles. The second kappa shape index (κ2) is 6.90. The van der Waals surface area contributed by atoms with Crippen molar-refractivity contribution >= 4 is 0 Å². The highest BCUT2D eigenvalue weighted by Crippen LogP contribution is 2.29. The van der Waals surface area contributed by atoms with Crippen LogP contribution in [0.5, 0.6) is 5.75 Å². The van der Waals surface area contributed by atoms with Gasteiger partial charge in [-0.15, -0.1) is 0 Å². The molecule has 19 heavy (non-hydrogen) atoms. The molecule has 1 aliphatic carbocycles. The Labute approximate surface area is 116 Å². The Morgan fingerprint density at radius 3 is 2.89 bits per heavy atom. The zero-order valence-corrected chi connectivity index (χ0v) is 12.4. The molecule has 0 saturated heterocycles. The predicted octanol–water partition coefficient (Wildman–Crippen LogP) is 3.46. The lowest BCUT2D eigenvalue weighted by Crippen LogP contribution is -2.29. The molecular weight excluding hydrogens is 236 g/mol. The topological polar surface area (TPSA) is 34.2 Å². The van der Waals surface area contributed by atoms with Gasteiger partial charge in [0.15, 0.2) is 0 Å². The fraction of sp³-hybridized carbons (Fsp3) is 0.688. The molecule has 0 amide bonds. The Bertz CT molecular complexity index is 406. The highest BCUT2D eigenvalue weighted by Gasteiger charge is 2.23. The summed E-state index contributed by atoms with van der Waals surface area (Å²) in [5.74, 6) is 1.68. The lowest BCUT2D eigenvalue weighted by atomic mass is 9.88. The number of aryl methyl sites for hydroxylation is 1. The van der Waals surface area contributed by atoms with E-state index in [9.17, 15) is 0 Å². The number of hydrogen-bond donors (Lipinski definition) is 1. The minimum absolute atomic E-state index is 0.371. The maximum atomic E-state index is 6.30. The van der Waals surface area contributed by atoms with Crippen LogP contribution >= 0.6 is 0 Å². The summed E-state index contributed by atoms with van der Waals surface area (Å²) in [4.78, 5) is 4.38. The molecule has 3 nitrogen and oxygen atoms in total. The SMILES string of the molecule is CCNCc1cnc(C)cc1OC1CCCCC1C. The largest absolute Gasteiger partial charge is 0.490 e. The lowest BCUT2D eigenvalue weighted by Gasteiger charge is -2.30. The van der Waals surface area contributed by atoms with Crippen molar-refractivity contribution in [3.63, 3.8) is 0 Å². The van der Waals surface area contributed by atoms with Crippen molar-refractivity contribution in [1.29, 1.82) is 0 Å². The summed E-state index contributed by atoms with van der Waals surface area (Å²) in [5, 5.41) is 3.35. The molecule has 1 aromatic rings. The summed E-state index contributed by atoms with van der Waals surface area (Å²) in [6.07, 6.45) is 7.43. The van der Waals surface area contributed by atoms with Gasteiger partial charge in [-0.1, -0.05) is 20.3 Å². The second-order valence-electron chi connectivity index (χ2n) is 5.63. The van der Waals surface area contributed by atoms with Gasteiger partial charge >= 0.3 is 0 Å². The molecule has 2 atom stereocenters. The van der Waals surface area contributed by atoms with Crippen molar-refractivity contribution in [3.05, 3.63) is 23.5 Å². The molecule has 0 aliphatic heterocycles. The van der Waals surface area contributed by atoms with Gasteiger partial charge in [-0.25, -0.2) is 0 Å². The smallest absolute Gasteiger partial charge is 0.127 e. The van der Waals surface area contributed by atoms with Crippen LogP contribution in [0.1, 0.15) is 50.8 Å². The van der Waals surface area contributed by atoms with Crippen LogP contribution in [-0.2, 0) is 6.54 Å². The van der Waals surface area contributed by atoms with E-state index < -0.39 is 0 Å². The summed E-state index contributed by atoms with van der Waals surface area (Å²) >= 11 is 0. The molecule has 0 aromatic carbocycles. The highest BCUT2D eigenvalue weighted by atomic mass is 16.5. The third-order valence-corrected chi connectivity index (χ3v) is 3.96. The average molecular weight is 262 g/mol. The standard InChI is InChI=1S/C16H26N2O/c1-4-17-10-14-11-18-13(3)9-16(14)19-15-8-6-5-7-12(15)2/h9,11-12,15,17H,4-8,10H2,1-3H3. The Morgan fingerprint density at radius 2 is 2.16 bits per heavy atom. The number of aromatic nitrogens is 1. The van der Waals surface area contributed by atoms with Crippen LogP contribution in [0.15, 0.2) is 12.3 Å². The molecule has 1 N–H and O–H groups in total. The zero-order chi connectivity index (χ0) is 13.7. The van der Waals surface area contributed by atoms with Crippen molar-refractivity contribution in [2.75, 3.05) is 6.54 Å². The van der Waals surface area contributed by atoms with E-state index in [1.165, 1.54) is 31.2 Å². The molecule has 0 bridgehead atoms. The van der Waals surface area contributed by atoms with Crippen LogP contribution in [0.3, 0.4) is 0 Å². The first-order valence-corrected chi connectivity index (χ1v) is 7.53. The number of ether oxygens (including phenoxy) is 1. The molecule has 3 heteroatoms. The van der Waals surface area contributed by atoms with E-state index in [4.69, 9.17) is 4.74 Å². The van der Waals surface area contributed by atoms with Crippen molar-refractivity contribution in [2.24, 2.45) is 5.92 Å². The van der Waals surface area contributed by atoms with E-state index in [-0.39, 0.29) is 0 Å². The minimum Gasteiger partial charge on any atom is -0.490 e. The van der Waals surface area contributed by atoms with Gasteiger partial charge in [0.1, 0.15) is 11.9 Å². The van der Waals surface area contributed by atoms with E-state index >= 15 is 0 Å². The van der Waals surface area contributed by atoms with E-state index in [1.807, 2.05) is 13.1 Å². The van der Waals surface area contributed by atoms with Crippen LogP contribution in [0.4, 0.5) is 0 Å². The third-order valence-electron chi connectivity index (χ3n) is 3.96. The van der Waals surface area contributed by atoms with Crippen molar-refractivity contribution < 1.29 is 4.74 Å². The van der Waals surface area contributed by atoms with Gasteiger partial charge in [0.2, 0.25) is 0 Å². The molecule has 1 saturated carbocycles. The number of rotatable bonds is 5. The molecule has 106 valence electrons. The highest BCUT2D eigenvalue weighted by molar-refractivity contribution is 5.33. The first kappa shape index (κ1) is 14.3. The molecule has 0 spiro atoms. The third kappa shape index (κ3) is 3.93. The number of nitrogens with one attached hydrogen (secondary N) is 1. The Morgan fingerprint density at radius 1 is 1.37 bits per heavy atom. The van der Waals surface area contributed by atoms with Crippen LogP contribution in [-0.4, -0.2) is 17.6 Å². The maximum Gasteiger partial charge on any atom is 0.127 e. The zero-order valence-electron chi connectivity index (χ0n) is 12.4. The number of nitrogens with zero attached hydrogens (tertiary/aromatic N) is 1. The number of hydrogen-bond acceptors (Lipinski definition) is 3. The van der Waals surface area contributed by atoms with Gasteiger partial charge in [-0.2, -0.15) is 0 Å². The molecule has 2 unspecified atom stereocenters. The first-order chi connectivity index (χ1) is 9.20. The van der Waals surface area contributed by atoms with Crippen LogP contribution in [0.25, 0.3) is 0 Å². The summed E-state index contributed by atoms with van der Waals surface area (Å²) < 4.78 is 6.30. The molecule has 2 rings (SSSR count).